The molecule has 0 amide bonds. The summed E-state index contributed by atoms with van der Waals surface area (Å²) in [6.07, 6.45) is 9.22. The summed E-state index contributed by atoms with van der Waals surface area (Å²) in [4.78, 5) is 0. The molecule has 0 spiro atoms. The van der Waals surface area contributed by atoms with Gasteiger partial charge in [0, 0.05) is 6.04 Å². The lowest BCUT2D eigenvalue weighted by atomic mass is 9.84. The van der Waals surface area contributed by atoms with Gasteiger partial charge in [-0.05, 0) is 55.5 Å². The summed E-state index contributed by atoms with van der Waals surface area (Å²) in [5.41, 5.74) is 4.67. The second-order valence-electron chi connectivity index (χ2n) is 5.32. The Morgan fingerprint density at radius 2 is 1.95 bits per heavy atom. The van der Waals surface area contributed by atoms with Crippen LogP contribution < -0.4 is 10.1 Å². The number of ether oxygens (including phenoxy) is 1. The molecule has 0 saturated heterocycles. The minimum atomic E-state index is 0.516. The molecule has 3 rings (SSSR count). The Hall–Kier alpha value is -1.54. The predicted molar refractivity (Wildman–Crippen MR) is 78.5 cm³/mol. The van der Waals surface area contributed by atoms with Gasteiger partial charge in [0.1, 0.15) is 5.75 Å². The molecule has 1 atom stereocenters. The molecule has 1 heterocycles. The van der Waals surface area contributed by atoms with Crippen LogP contribution in [0.3, 0.4) is 0 Å². The molecule has 1 aliphatic heterocycles. The molecular formula is C17H21NO. The Morgan fingerprint density at radius 3 is 2.74 bits per heavy atom. The summed E-state index contributed by atoms with van der Waals surface area (Å²) in [6.45, 7) is 1.12. The van der Waals surface area contributed by atoms with Crippen molar-refractivity contribution in [2.45, 2.75) is 31.7 Å². The van der Waals surface area contributed by atoms with Crippen LogP contribution in [0.4, 0.5) is 0 Å². The van der Waals surface area contributed by atoms with Crippen molar-refractivity contribution in [1.29, 1.82) is 0 Å². The first-order valence-electron chi connectivity index (χ1n) is 7.09. The first-order chi connectivity index (χ1) is 9.36. The van der Waals surface area contributed by atoms with Crippen molar-refractivity contribution in [3.8, 4) is 5.75 Å². The molecule has 0 radical (unpaired) electrons. The number of benzene rings is 1. The van der Waals surface area contributed by atoms with Crippen LogP contribution in [0.15, 0.2) is 47.6 Å². The third-order valence-corrected chi connectivity index (χ3v) is 4.16. The van der Waals surface area contributed by atoms with Crippen molar-refractivity contribution in [2.24, 2.45) is 0 Å². The van der Waals surface area contributed by atoms with Gasteiger partial charge in [0.2, 0.25) is 0 Å². The van der Waals surface area contributed by atoms with Crippen LogP contribution in [0.25, 0.3) is 0 Å². The number of hydrogen-bond acceptors (Lipinski definition) is 2. The predicted octanol–water partition coefficient (Wildman–Crippen LogP) is 3.25. The van der Waals surface area contributed by atoms with Gasteiger partial charge < -0.3 is 10.1 Å². The average molecular weight is 255 g/mol. The standard InChI is InChI=1S/C17H21NO/c1-19-15-8-6-13(7-9-15)12-17-16-5-3-2-4-14(16)10-11-18-17/h2-3,6-9,17-18H,4-5,10-12H2,1H3. The molecule has 2 aliphatic rings. The molecular weight excluding hydrogens is 234 g/mol. The fourth-order valence-electron chi connectivity index (χ4n) is 3.08. The van der Waals surface area contributed by atoms with E-state index in [0.29, 0.717) is 6.04 Å². The molecule has 0 fully saturated rings. The van der Waals surface area contributed by atoms with Gasteiger partial charge in [-0.2, -0.15) is 0 Å². The highest BCUT2D eigenvalue weighted by atomic mass is 16.5. The quantitative estimate of drug-likeness (QED) is 0.837. The maximum Gasteiger partial charge on any atom is 0.118 e. The second kappa shape index (κ2) is 5.62. The van der Waals surface area contributed by atoms with E-state index in [9.17, 15) is 0 Å². The van der Waals surface area contributed by atoms with Gasteiger partial charge >= 0.3 is 0 Å². The molecule has 2 nitrogen and oxygen atoms in total. The number of allylic oxidation sites excluding steroid dienone is 2. The molecule has 1 unspecified atom stereocenters. The molecule has 19 heavy (non-hydrogen) atoms. The maximum atomic E-state index is 5.21. The fraction of sp³-hybridized carbons (Fsp3) is 0.412. The molecule has 1 aromatic carbocycles. The summed E-state index contributed by atoms with van der Waals surface area (Å²) in [6, 6.07) is 8.96. The zero-order valence-electron chi connectivity index (χ0n) is 11.5. The number of methoxy groups -OCH3 is 1. The van der Waals surface area contributed by atoms with Crippen molar-refractivity contribution >= 4 is 0 Å². The second-order valence-corrected chi connectivity index (χ2v) is 5.32. The Balaban J connectivity index is 1.74. The monoisotopic (exact) mass is 255 g/mol. The van der Waals surface area contributed by atoms with Crippen LogP contribution in [0.5, 0.6) is 5.75 Å². The highest BCUT2D eigenvalue weighted by molar-refractivity contribution is 5.34. The third-order valence-electron chi connectivity index (χ3n) is 4.16. The molecule has 1 aromatic rings. The van der Waals surface area contributed by atoms with Crippen LogP contribution in [0.2, 0.25) is 0 Å². The van der Waals surface area contributed by atoms with Gasteiger partial charge in [0.25, 0.3) is 0 Å². The molecule has 1 N–H and O–H groups in total. The van der Waals surface area contributed by atoms with Crippen LogP contribution in [-0.2, 0) is 6.42 Å². The van der Waals surface area contributed by atoms with Crippen molar-refractivity contribution in [2.75, 3.05) is 13.7 Å². The minimum absolute atomic E-state index is 0.516. The molecule has 100 valence electrons. The van der Waals surface area contributed by atoms with E-state index in [2.05, 4.69) is 29.6 Å². The maximum absolute atomic E-state index is 5.21. The number of hydrogen-bond donors (Lipinski definition) is 1. The summed E-state index contributed by atoms with van der Waals surface area (Å²) in [5.74, 6) is 0.931. The summed E-state index contributed by atoms with van der Waals surface area (Å²) < 4.78 is 5.21. The van der Waals surface area contributed by atoms with E-state index in [1.165, 1.54) is 12.0 Å². The lowest BCUT2D eigenvalue weighted by molar-refractivity contribution is 0.414. The van der Waals surface area contributed by atoms with Crippen molar-refractivity contribution in [1.82, 2.24) is 5.32 Å². The number of rotatable bonds is 3. The van der Waals surface area contributed by atoms with Gasteiger partial charge in [-0.25, -0.2) is 0 Å². The van der Waals surface area contributed by atoms with Gasteiger partial charge in [-0.1, -0.05) is 29.9 Å². The summed E-state index contributed by atoms with van der Waals surface area (Å²) in [7, 11) is 1.71. The zero-order valence-corrected chi connectivity index (χ0v) is 11.5. The Kier molecular flexibility index (Phi) is 3.69. The largest absolute Gasteiger partial charge is 0.497 e. The van der Waals surface area contributed by atoms with E-state index in [0.717, 1.165) is 31.6 Å². The number of nitrogens with one attached hydrogen (secondary N) is 1. The Labute approximate surface area is 115 Å². The SMILES string of the molecule is COc1ccc(CC2NCCC3=C2CC=CC3)cc1. The van der Waals surface area contributed by atoms with Crippen molar-refractivity contribution in [3.63, 3.8) is 0 Å². The van der Waals surface area contributed by atoms with Crippen LogP contribution in [0.1, 0.15) is 24.8 Å². The third kappa shape index (κ3) is 2.74. The van der Waals surface area contributed by atoms with Gasteiger partial charge in [0.05, 0.1) is 7.11 Å². The zero-order chi connectivity index (χ0) is 13.1. The van der Waals surface area contributed by atoms with E-state index < -0.39 is 0 Å². The summed E-state index contributed by atoms with van der Waals surface area (Å²) in [5, 5.41) is 3.67. The molecule has 0 aromatic heterocycles. The van der Waals surface area contributed by atoms with Gasteiger partial charge in [-0.15, -0.1) is 0 Å². The molecule has 2 heteroatoms. The Bertz CT molecular complexity index is 498. The van der Waals surface area contributed by atoms with E-state index in [4.69, 9.17) is 4.74 Å². The topological polar surface area (TPSA) is 21.3 Å². The van der Waals surface area contributed by atoms with Gasteiger partial charge in [-0.3, -0.25) is 0 Å². The van der Waals surface area contributed by atoms with E-state index in [-0.39, 0.29) is 0 Å². The fourth-order valence-corrected chi connectivity index (χ4v) is 3.08. The summed E-state index contributed by atoms with van der Waals surface area (Å²) >= 11 is 0. The van der Waals surface area contributed by atoms with Crippen LogP contribution in [-0.4, -0.2) is 19.7 Å². The molecule has 1 aliphatic carbocycles. The normalized spacial score (nSPS) is 22.3. The van der Waals surface area contributed by atoms with Crippen molar-refractivity contribution in [3.05, 3.63) is 53.1 Å². The van der Waals surface area contributed by atoms with Gasteiger partial charge in [0.15, 0.2) is 0 Å². The first kappa shape index (κ1) is 12.5. The van der Waals surface area contributed by atoms with Crippen LogP contribution >= 0.6 is 0 Å². The minimum Gasteiger partial charge on any atom is -0.497 e. The lowest BCUT2D eigenvalue weighted by Gasteiger charge is -2.31. The Morgan fingerprint density at radius 1 is 1.16 bits per heavy atom. The van der Waals surface area contributed by atoms with Crippen LogP contribution in [0, 0.1) is 0 Å². The highest BCUT2D eigenvalue weighted by Gasteiger charge is 2.22. The smallest absolute Gasteiger partial charge is 0.118 e. The first-order valence-corrected chi connectivity index (χ1v) is 7.09. The molecule has 0 bridgehead atoms. The van der Waals surface area contributed by atoms with E-state index in [1.807, 2.05) is 12.1 Å². The molecule has 0 saturated carbocycles. The van der Waals surface area contributed by atoms with Crippen molar-refractivity contribution < 1.29 is 4.74 Å². The van der Waals surface area contributed by atoms with E-state index >= 15 is 0 Å². The average Bonchev–Trinajstić information content (AvgIpc) is 2.48. The lowest BCUT2D eigenvalue weighted by Crippen LogP contribution is -2.38. The van der Waals surface area contributed by atoms with E-state index in [1.54, 1.807) is 18.3 Å². The highest BCUT2D eigenvalue weighted by Crippen LogP contribution is 2.29.